The number of para-hydroxylation sites is 3. The second kappa shape index (κ2) is 8.48. The van der Waals surface area contributed by atoms with Gasteiger partial charge in [-0.25, -0.2) is 0 Å². The molecule has 0 atom stereocenters. The minimum Gasteiger partial charge on any atom is -0.456 e. The van der Waals surface area contributed by atoms with Gasteiger partial charge in [0, 0.05) is 27.5 Å². The molecule has 0 spiro atoms. The first-order valence-corrected chi connectivity index (χ1v) is 13.0. The van der Waals surface area contributed by atoms with E-state index in [1.807, 2.05) is 48.5 Å². The molecule has 2 heterocycles. The molecule has 2 aromatic heterocycles. The lowest BCUT2D eigenvalue weighted by molar-refractivity contribution is 0.669. The molecule has 0 aliphatic carbocycles. The van der Waals surface area contributed by atoms with Crippen molar-refractivity contribution in [3.63, 3.8) is 0 Å². The minimum atomic E-state index is -0.591. The second-order valence-corrected chi connectivity index (χ2v) is 9.82. The highest BCUT2D eigenvalue weighted by atomic mass is 16.3. The van der Waals surface area contributed by atoms with Crippen LogP contribution < -0.4 is 4.90 Å². The third-order valence-electron chi connectivity index (χ3n) is 7.57. The number of rotatable bonds is 3. The van der Waals surface area contributed by atoms with Crippen LogP contribution in [0.2, 0.25) is 0 Å². The van der Waals surface area contributed by atoms with Crippen LogP contribution in [0.1, 0.15) is 13.7 Å². The van der Waals surface area contributed by atoms with E-state index in [-0.39, 0.29) is 45.4 Å². The molecule has 9 aromatic rings. The van der Waals surface area contributed by atoms with Crippen molar-refractivity contribution < 1.29 is 22.5 Å². The lowest BCUT2D eigenvalue weighted by Gasteiger charge is -2.26. The van der Waals surface area contributed by atoms with Crippen LogP contribution in [0.15, 0.2) is 148 Å². The average molecular weight is 536 g/mol. The summed E-state index contributed by atoms with van der Waals surface area (Å²) in [5.41, 5.74) is 1.37. The Balaban J connectivity index is 1.40. The normalized spacial score (nSPS) is 15.3. The van der Waals surface area contributed by atoms with Crippen molar-refractivity contribution in [1.29, 1.82) is 0 Å². The number of hydrogen-bond acceptors (Lipinski definition) is 3. The van der Waals surface area contributed by atoms with Crippen molar-refractivity contribution in [1.82, 2.24) is 0 Å². The molecule has 0 amide bonds. The van der Waals surface area contributed by atoms with Gasteiger partial charge in [0.05, 0.1) is 24.8 Å². The van der Waals surface area contributed by atoms with Crippen molar-refractivity contribution in [2.75, 3.05) is 4.90 Å². The Hall–Kier alpha value is -5.54. The highest BCUT2D eigenvalue weighted by Gasteiger charge is 2.19. The van der Waals surface area contributed by atoms with Gasteiger partial charge in [0.2, 0.25) is 0 Å². The smallest absolute Gasteiger partial charge is 0.137 e. The van der Waals surface area contributed by atoms with Crippen LogP contribution in [0.3, 0.4) is 0 Å². The highest BCUT2D eigenvalue weighted by Crippen LogP contribution is 2.44. The molecule has 0 aliphatic rings. The molecule has 0 fully saturated rings. The Bertz CT molecular complexity index is 2980. The summed E-state index contributed by atoms with van der Waals surface area (Å²) in [5, 5.41) is 5.86. The molecule has 9 rings (SSSR count). The molecule has 0 N–H and O–H groups in total. The summed E-state index contributed by atoms with van der Waals surface area (Å²) >= 11 is 0. The third kappa shape index (κ3) is 3.33. The highest BCUT2D eigenvalue weighted by molar-refractivity contribution is 6.17. The van der Waals surface area contributed by atoms with E-state index in [9.17, 15) is 1.37 Å². The summed E-state index contributed by atoms with van der Waals surface area (Å²) in [6.45, 7) is 0. The van der Waals surface area contributed by atoms with Gasteiger partial charge in [0.1, 0.15) is 22.3 Å². The van der Waals surface area contributed by atoms with E-state index in [0.29, 0.717) is 5.69 Å². The van der Waals surface area contributed by atoms with Gasteiger partial charge < -0.3 is 13.7 Å². The van der Waals surface area contributed by atoms with E-state index in [2.05, 4.69) is 6.07 Å². The van der Waals surface area contributed by atoms with E-state index in [1.54, 1.807) is 12.1 Å². The van der Waals surface area contributed by atoms with Crippen LogP contribution in [0.4, 0.5) is 17.1 Å². The monoisotopic (exact) mass is 535 g/mol. The molecule has 0 radical (unpaired) electrons. The van der Waals surface area contributed by atoms with Crippen molar-refractivity contribution in [3.05, 3.63) is 139 Å². The van der Waals surface area contributed by atoms with Crippen LogP contribution in [0, 0.1) is 0 Å². The topological polar surface area (TPSA) is 29.5 Å². The number of furan rings is 2. The lowest BCUT2D eigenvalue weighted by Crippen LogP contribution is -2.10. The minimum absolute atomic E-state index is 0.0265. The first kappa shape index (κ1) is 14.7. The Morgan fingerprint density at radius 2 is 1.27 bits per heavy atom. The second-order valence-electron chi connectivity index (χ2n) is 9.82. The van der Waals surface area contributed by atoms with Crippen molar-refractivity contribution in [2.24, 2.45) is 0 Å². The summed E-state index contributed by atoms with van der Waals surface area (Å²) in [7, 11) is 0. The fourth-order valence-corrected chi connectivity index (χ4v) is 5.76. The molecule has 3 heteroatoms. The first-order valence-electron chi connectivity index (χ1n) is 18.0. The molecule has 3 nitrogen and oxygen atoms in total. The lowest BCUT2D eigenvalue weighted by atomic mass is 9.99. The number of anilines is 3. The standard InChI is InChI=1S/C38H23NO2/c1-2-9-26(10-3-1)39(33-13-8-16-36-38(33)30-12-5-7-15-35(30)40-36)27-19-20-28-24(21-27)17-18-25-22-37-32(23-31(25)28)29-11-4-6-14-34(29)41-37/h1-23H/i1D,2D,3D,7D,8D,9D,10D,13D,15D,16D. The molecule has 0 bridgehead atoms. The first-order chi connectivity index (χ1) is 24.5. The molecule has 41 heavy (non-hydrogen) atoms. The maximum atomic E-state index is 9.21. The SMILES string of the molecule is [2H]c1ccc2c(oc3c([2H])c([2H])c([2H])c(N(c4ccc5c(ccc6cc7oc8ccccc8c7cc65)c4)c4c([2H])c([2H])c([2H])c([2H])c4[2H])c32)c1[2H]. The fourth-order valence-electron chi connectivity index (χ4n) is 5.76. The number of nitrogens with zero attached hydrogens (tertiary/aromatic N) is 1. The molecular formula is C38H23NO2. The maximum absolute atomic E-state index is 9.21. The average Bonchev–Trinajstić information content (AvgIpc) is 3.70. The molecule has 0 aliphatic heterocycles. The van der Waals surface area contributed by atoms with Crippen LogP contribution in [-0.2, 0) is 0 Å². The molecule has 0 unspecified atom stereocenters. The van der Waals surface area contributed by atoms with E-state index in [4.69, 9.17) is 21.2 Å². The van der Waals surface area contributed by atoms with Gasteiger partial charge >= 0.3 is 0 Å². The number of fused-ring (bicyclic) bond motifs is 9. The summed E-state index contributed by atoms with van der Waals surface area (Å²) in [6, 6.07) is 19.4. The van der Waals surface area contributed by atoms with Crippen LogP contribution in [0.5, 0.6) is 0 Å². The van der Waals surface area contributed by atoms with Crippen molar-refractivity contribution in [2.45, 2.75) is 0 Å². The van der Waals surface area contributed by atoms with Crippen molar-refractivity contribution >= 4 is 82.5 Å². The predicted molar refractivity (Wildman–Crippen MR) is 171 cm³/mol. The number of hydrogen-bond donors (Lipinski definition) is 0. The van der Waals surface area contributed by atoms with Crippen LogP contribution in [-0.4, -0.2) is 0 Å². The third-order valence-corrected chi connectivity index (χ3v) is 7.57. The Morgan fingerprint density at radius 1 is 0.463 bits per heavy atom. The van der Waals surface area contributed by atoms with E-state index < -0.39 is 48.3 Å². The molecule has 0 saturated carbocycles. The quantitative estimate of drug-likeness (QED) is 0.211. The summed E-state index contributed by atoms with van der Waals surface area (Å²) in [4.78, 5) is 1.35. The van der Waals surface area contributed by atoms with Crippen LogP contribution >= 0.6 is 0 Å². The summed E-state index contributed by atoms with van der Waals surface area (Å²) in [6.07, 6.45) is 0. The van der Waals surface area contributed by atoms with Gasteiger partial charge in [-0.1, -0.05) is 78.7 Å². The molecule has 192 valence electrons. The zero-order valence-electron chi connectivity index (χ0n) is 31.3. The van der Waals surface area contributed by atoms with E-state index in [0.717, 1.165) is 43.5 Å². The Morgan fingerprint density at radius 3 is 2.20 bits per heavy atom. The Labute approximate surface area is 249 Å². The zero-order chi connectivity index (χ0) is 35.6. The largest absolute Gasteiger partial charge is 0.456 e. The van der Waals surface area contributed by atoms with Gasteiger partial charge in [-0.3, -0.25) is 0 Å². The number of benzene rings is 7. The zero-order valence-corrected chi connectivity index (χ0v) is 21.3. The maximum Gasteiger partial charge on any atom is 0.137 e. The molecule has 7 aromatic carbocycles. The summed E-state index contributed by atoms with van der Waals surface area (Å²) < 4.78 is 98.7. The van der Waals surface area contributed by atoms with Gasteiger partial charge in [-0.15, -0.1) is 0 Å². The van der Waals surface area contributed by atoms with Gasteiger partial charge in [-0.05, 0) is 82.1 Å². The van der Waals surface area contributed by atoms with Gasteiger partial charge in [0.15, 0.2) is 0 Å². The predicted octanol–water partition coefficient (Wildman–Crippen LogP) is 11.3. The van der Waals surface area contributed by atoms with E-state index in [1.165, 1.54) is 17.0 Å². The van der Waals surface area contributed by atoms with Crippen molar-refractivity contribution in [3.8, 4) is 0 Å². The molecule has 0 saturated heterocycles. The van der Waals surface area contributed by atoms with Crippen LogP contribution in [0.25, 0.3) is 65.4 Å². The fraction of sp³-hybridized carbons (Fsp3) is 0. The van der Waals surface area contributed by atoms with E-state index >= 15 is 0 Å². The Kier molecular flexibility index (Phi) is 3.05. The molecular weight excluding hydrogens is 502 g/mol. The van der Waals surface area contributed by atoms with Gasteiger partial charge in [-0.2, -0.15) is 0 Å². The summed E-state index contributed by atoms with van der Waals surface area (Å²) in [5.74, 6) is 0. The van der Waals surface area contributed by atoms with Gasteiger partial charge in [0.25, 0.3) is 0 Å².